The minimum absolute atomic E-state index is 0. The van der Waals surface area contributed by atoms with Crippen molar-refractivity contribution in [2.45, 2.75) is 6.92 Å². The van der Waals surface area contributed by atoms with E-state index in [9.17, 15) is 9.46 Å². The molecule has 0 heterocycles. The number of hydrogen-bond donors (Lipinski definition) is 0. The zero-order chi connectivity index (χ0) is 7.56. The maximum atomic E-state index is 10.3. The molecule has 0 aliphatic carbocycles. The first-order valence-electron chi connectivity index (χ1n) is 2.91. The Hall–Kier alpha value is 0.916. The van der Waals surface area contributed by atoms with Crippen LogP contribution in [0, 0.1) is 6.92 Å². The van der Waals surface area contributed by atoms with E-state index in [0.717, 1.165) is 5.56 Å². The van der Waals surface area contributed by atoms with Gasteiger partial charge in [-0.05, 0) is 19.1 Å². The molecular weight excluding hydrogens is 186 g/mol. The van der Waals surface area contributed by atoms with Gasteiger partial charge >= 0.3 is 59.4 Å². The van der Waals surface area contributed by atoms with Crippen LogP contribution < -0.4 is 61.6 Å². The molecule has 0 radical (unpaired) electrons. The Balaban J connectivity index is 0.000001000. The zero-order valence-corrected chi connectivity index (χ0v) is 10.6. The van der Waals surface area contributed by atoms with Crippen LogP contribution in [0.25, 0.3) is 0 Å². The maximum Gasteiger partial charge on any atom is 1.00 e. The summed E-state index contributed by atoms with van der Waals surface area (Å²) in [6.45, 7) is 1.92. The fourth-order valence-corrected chi connectivity index (χ4v) is 1.06. The second kappa shape index (κ2) is 5.54. The first kappa shape index (κ1) is 11.9. The van der Waals surface area contributed by atoms with Crippen LogP contribution in [0.2, 0.25) is 0 Å². The summed E-state index contributed by atoms with van der Waals surface area (Å²) in [5, 5.41) is 0.376. The van der Waals surface area contributed by atoms with Crippen molar-refractivity contribution in [3.8, 4) is 0 Å². The fraction of sp³-hybridized carbons (Fsp3) is 0.143. The molecule has 1 rings (SSSR count). The van der Waals surface area contributed by atoms with Gasteiger partial charge in [0.05, 0.1) is 0 Å². The molecule has 2 nitrogen and oxygen atoms in total. The van der Waals surface area contributed by atoms with Crippen molar-refractivity contribution in [1.82, 2.24) is 0 Å². The first-order valence-corrected chi connectivity index (χ1v) is 4.09. The molecular formula is C7H7KO2P+. The van der Waals surface area contributed by atoms with Crippen molar-refractivity contribution in [3.05, 3.63) is 29.8 Å². The van der Waals surface area contributed by atoms with Crippen LogP contribution in [-0.4, -0.2) is 0 Å². The molecule has 1 unspecified atom stereocenters. The van der Waals surface area contributed by atoms with E-state index >= 15 is 0 Å². The average Bonchev–Trinajstić information content (AvgIpc) is 1.88. The summed E-state index contributed by atoms with van der Waals surface area (Å²) in [5.74, 6) is 0. The van der Waals surface area contributed by atoms with Gasteiger partial charge in [-0.25, -0.2) is 0 Å². The molecule has 0 spiro atoms. The fourth-order valence-electron chi connectivity index (χ4n) is 0.666. The van der Waals surface area contributed by atoms with E-state index in [1.165, 1.54) is 0 Å². The molecule has 1 aromatic rings. The van der Waals surface area contributed by atoms with Gasteiger partial charge in [-0.15, -0.1) is 0 Å². The molecule has 0 saturated carbocycles. The van der Waals surface area contributed by atoms with E-state index in [4.69, 9.17) is 0 Å². The molecule has 11 heavy (non-hydrogen) atoms. The molecule has 4 heteroatoms. The molecule has 0 N–H and O–H groups in total. The molecule has 0 aromatic heterocycles. The third kappa shape index (κ3) is 3.90. The normalized spacial score (nSPS) is 10.2. The standard InChI is InChI=1S/C7H7O2P.K/c1-6-2-4-7(5-3-6)10(8)9;/h2-5H,1H3;/q;+1. The first-order chi connectivity index (χ1) is 4.70. The molecule has 52 valence electrons. The summed E-state index contributed by atoms with van der Waals surface area (Å²) in [5.41, 5.74) is 1.07. The zero-order valence-electron chi connectivity index (χ0n) is 6.57. The molecule has 0 aliphatic rings. The minimum Gasteiger partial charge on any atom is -0.591 e. The summed E-state index contributed by atoms with van der Waals surface area (Å²) in [4.78, 5) is 10.3. The molecule has 1 aromatic carbocycles. The second-order valence-electron chi connectivity index (χ2n) is 2.09. The van der Waals surface area contributed by atoms with Crippen LogP contribution in [0.1, 0.15) is 5.56 Å². The molecule has 0 amide bonds. The largest absolute Gasteiger partial charge is 1.00 e. The monoisotopic (exact) mass is 193 g/mol. The molecule has 0 bridgehead atoms. The van der Waals surface area contributed by atoms with Crippen molar-refractivity contribution in [2.75, 3.05) is 0 Å². The van der Waals surface area contributed by atoms with E-state index < -0.39 is 8.03 Å². The number of benzene rings is 1. The van der Waals surface area contributed by atoms with Gasteiger partial charge in [0.1, 0.15) is 0 Å². The van der Waals surface area contributed by atoms with Crippen LogP contribution in [-0.2, 0) is 4.57 Å². The summed E-state index contributed by atoms with van der Waals surface area (Å²) in [7, 11) is -2.41. The van der Waals surface area contributed by atoms with Crippen molar-refractivity contribution in [2.24, 2.45) is 0 Å². The third-order valence-electron chi connectivity index (χ3n) is 1.24. The molecule has 1 atom stereocenters. The summed E-state index contributed by atoms with van der Waals surface area (Å²) in [6.07, 6.45) is 0. The van der Waals surface area contributed by atoms with Gasteiger partial charge < -0.3 is 4.89 Å². The van der Waals surface area contributed by atoms with E-state index in [0.29, 0.717) is 5.30 Å². The van der Waals surface area contributed by atoms with Crippen LogP contribution in [0.5, 0.6) is 0 Å². The van der Waals surface area contributed by atoms with Crippen LogP contribution in [0.3, 0.4) is 0 Å². The van der Waals surface area contributed by atoms with E-state index in [2.05, 4.69) is 0 Å². The predicted octanol–water partition coefficient (Wildman–Crippen LogP) is -2.27. The molecule has 0 saturated heterocycles. The Kier molecular flexibility index (Phi) is 6.00. The summed E-state index contributed by atoms with van der Waals surface area (Å²) in [6, 6.07) is 6.75. The average molecular weight is 193 g/mol. The van der Waals surface area contributed by atoms with Gasteiger partial charge in [0.25, 0.3) is 0 Å². The predicted molar refractivity (Wildman–Crippen MR) is 38.4 cm³/mol. The SMILES string of the molecule is Cc1ccc([P+](=O)[O-])cc1.[K+]. The van der Waals surface area contributed by atoms with Gasteiger partial charge in [0.2, 0.25) is 0 Å². The molecule has 0 aliphatic heterocycles. The van der Waals surface area contributed by atoms with Crippen LogP contribution in [0.4, 0.5) is 0 Å². The van der Waals surface area contributed by atoms with Crippen molar-refractivity contribution >= 4 is 13.3 Å². The van der Waals surface area contributed by atoms with E-state index in [1.54, 1.807) is 24.3 Å². The number of rotatable bonds is 1. The Bertz CT molecular complexity index is 245. The Morgan fingerprint density at radius 1 is 1.27 bits per heavy atom. The third-order valence-corrected chi connectivity index (χ3v) is 1.96. The number of hydrogen-bond acceptors (Lipinski definition) is 2. The maximum absolute atomic E-state index is 10.3. The summed E-state index contributed by atoms with van der Waals surface area (Å²) >= 11 is 0. The van der Waals surface area contributed by atoms with E-state index in [-0.39, 0.29) is 51.4 Å². The van der Waals surface area contributed by atoms with Crippen molar-refractivity contribution < 1.29 is 60.8 Å². The Labute approximate surface area is 109 Å². The van der Waals surface area contributed by atoms with Gasteiger partial charge in [0.15, 0.2) is 5.30 Å². The van der Waals surface area contributed by atoms with Crippen LogP contribution >= 0.6 is 8.03 Å². The minimum atomic E-state index is -2.41. The summed E-state index contributed by atoms with van der Waals surface area (Å²) < 4.78 is 10.3. The van der Waals surface area contributed by atoms with Gasteiger partial charge in [-0.2, -0.15) is 0 Å². The quantitative estimate of drug-likeness (QED) is 0.372. The number of aryl methyl sites for hydroxylation is 1. The smallest absolute Gasteiger partial charge is 0.591 e. The van der Waals surface area contributed by atoms with E-state index in [1.807, 2.05) is 6.92 Å². The Morgan fingerprint density at radius 2 is 1.73 bits per heavy atom. The topological polar surface area (TPSA) is 40.1 Å². The second-order valence-corrected chi connectivity index (χ2v) is 3.12. The van der Waals surface area contributed by atoms with Gasteiger partial charge in [-0.3, -0.25) is 0 Å². The molecule has 0 fully saturated rings. The van der Waals surface area contributed by atoms with Gasteiger partial charge in [-0.1, -0.05) is 22.3 Å². The van der Waals surface area contributed by atoms with Crippen LogP contribution in [0.15, 0.2) is 24.3 Å². The van der Waals surface area contributed by atoms with Gasteiger partial charge in [0, 0.05) is 0 Å². The van der Waals surface area contributed by atoms with Crippen molar-refractivity contribution in [3.63, 3.8) is 0 Å². The van der Waals surface area contributed by atoms with Crippen molar-refractivity contribution in [1.29, 1.82) is 0 Å². The Morgan fingerprint density at radius 3 is 2.09 bits per heavy atom.